The normalized spacial score (nSPS) is 12.0. The second kappa shape index (κ2) is 6.89. The van der Waals surface area contributed by atoms with Crippen LogP contribution in [0.3, 0.4) is 0 Å². The van der Waals surface area contributed by atoms with E-state index in [0.717, 1.165) is 18.6 Å². The lowest BCUT2D eigenvalue weighted by atomic mass is 10.2. The number of carbonyl (C=O) groups excluding carboxylic acids is 1. The Labute approximate surface area is 160 Å². The van der Waals surface area contributed by atoms with Crippen molar-refractivity contribution < 1.29 is 18.0 Å². The van der Waals surface area contributed by atoms with E-state index < -0.39 is 29.0 Å². The summed E-state index contributed by atoms with van der Waals surface area (Å²) in [4.78, 5) is 37.0. The van der Waals surface area contributed by atoms with Gasteiger partial charge in [-0.3, -0.25) is 14.2 Å². The quantitative estimate of drug-likeness (QED) is 0.715. The summed E-state index contributed by atoms with van der Waals surface area (Å²) in [7, 11) is 0.938. The molecule has 28 heavy (non-hydrogen) atoms. The van der Waals surface area contributed by atoms with Gasteiger partial charge in [0.05, 0.1) is 10.4 Å². The SMILES string of the molecule is CC(C)NC(=O)c1nsc2ccc(-n3c(=O)cc(C(F)(F)F)n(C)c3=O)cc12. The Morgan fingerprint density at radius 1 is 1.21 bits per heavy atom. The maximum absolute atomic E-state index is 13.0. The van der Waals surface area contributed by atoms with Gasteiger partial charge in [-0.15, -0.1) is 0 Å². The number of hydrogen-bond acceptors (Lipinski definition) is 5. The Morgan fingerprint density at radius 3 is 2.50 bits per heavy atom. The van der Waals surface area contributed by atoms with Crippen LogP contribution in [0, 0.1) is 0 Å². The number of hydrogen-bond donors (Lipinski definition) is 1. The summed E-state index contributed by atoms with van der Waals surface area (Å²) >= 11 is 1.06. The number of aromatic nitrogens is 3. The molecule has 0 unspecified atom stereocenters. The van der Waals surface area contributed by atoms with E-state index in [2.05, 4.69) is 9.69 Å². The highest BCUT2D eigenvalue weighted by Crippen LogP contribution is 2.28. The Bertz CT molecular complexity index is 1190. The maximum atomic E-state index is 13.0. The van der Waals surface area contributed by atoms with Crippen LogP contribution in [0.15, 0.2) is 33.9 Å². The van der Waals surface area contributed by atoms with E-state index in [1.165, 1.54) is 12.1 Å². The molecule has 3 aromatic rings. The molecule has 1 aromatic carbocycles. The Morgan fingerprint density at radius 2 is 1.89 bits per heavy atom. The lowest BCUT2D eigenvalue weighted by Gasteiger charge is -2.14. The van der Waals surface area contributed by atoms with Gasteiger partial charge in [-0.1, -0.05) is 0 Å². The third kappa shape index (κ3) is 3.44. The van der Waals surface area contributed by atoms with Gasteiger partial charge in [-0.05, 0) is 43.6 Å². The predicted molar refractivity (Wildman–Crippen MR) is 98.1 cm³/mol. The topological polar surface area (TPSA) is 86.0 Å². The molecule has 1 N–H and O–H groups in total. The van der Waals surface area contributed by atoms with Crippen molar-refractivity contribution in [2.75, 3.05) is 0 Å². The summed E-state index contributed by atoms with van der Waals surface area (Å²) in [6.07, 6.45) is -4.84. The lowest BCUT2D eigenvalue weighted by molar-refractivity contribution is -0.144. The molecule has 0 saturated carbocycles. The lowest BCUT2D eigenvalue weighted by Crippen LogP contribution is -2.40. The first kappa shape index (κ1) is 19.8. The van der Waals surface area contributed by atoms with E-state index in [0.29, 0.717) is 25.3 Å². The Kier molecular flexibility index (Phi) is 4.88. The van der Waals surface area contributed by atoms with Crippen LogP contribution in [-0.4, -0.2) is 25.5 Å². The van der Waals surface area contributed by atoms with Crippen LogP contribution in [0.25, 0.3) is 15.8 Å². The fraction of sp³-hybridized carbons (Fsp3) is 0.294. The molecule has 2 aromatic heterocycles. The first-order valence-corrected chi connectivity index (χ1v) is 8.89. The molecule has 11 heteroatoms. The van der Waals surface area contributed by atoms with Gasteiger partial charge in [0.2, 0.25) is 0 Å². The van der Waals surface area contributed by atoms with E-state index >= 15 is 0 Å². The van der Waals surface area contributed by atoms with Crippen molar-refractivity contribution in [2.24, 2.45) is 7.05 Å². The Hall–Kier alpha value is -2.95. The maximum Gasteiger partial charge on any atom is 0.431 e. The molecular formula is C17H15F3N4O3S. The molecular weight excluding hydrogens is 397 g/mol. The van der Waals surface area contributed by atoms with Crippen LogP contribution in [0.2, 0.25) is 0 Å². The highest BCUT2D eigenvalue weighted by Gasteiger charge is 2.35. The monoisotopic (exact) mass is 412 g/mol. The summed E-state index contributed by atoms with van der Waals surface area (Å²) in [6.45, 7) is 3.56. The van der Waals surface area contributed by atoms with Gasteiger partial charge in [-0.25, -0.2) is 9.36 Å². The van der Waals surface area contributed by atoms with E-state index in [1.807, 2.05) is 0 Å². The van der Waals surface area contributed by atoms with Crippen LogP contribution in [-0.2, 0) is 13.2 Å². The average molecular weight is 412 g/mol. The highest BCUT2D eigenvalue weighted by molar-refractivity contribution is 7.13. The largest absolute Gasteiger partial charge is 0.431 e. The molecule has 0 saturated heterocycles. The number of amides is 1. The molecule has 0 atom stereocenters. The molecule has 0 aliphatic rings. The number of nitrogens with zero attached hydrogens (tertiary/aromatic N) is 3. The first-order valence-electron chi connectivity index (χ1n) is 8.11. The van der Waals surface area contributed by atoms with Gasteiger partial charge in [-0.2, -0.15) is 17.5 Å². The third-order valence-corrected chi connectivity index (χ3v) is 4.78. The molecule has 148 valence electrons. The smallest absolute Gasteiger partial charge is 0.348 e. The van der Waals surface area contributed by atoms with Crippen molar-refractivity contribution in [2.45, 2.75) is 26.1 Å². The van der Waals surface area contributed by atoms with Crippen molar-refractivity contribution in [1.82, 2.24) is 18.8 Å². The van der Waals surface area contributed by atoms with Crippen LogP contribution in [0.5, 0.6) is 0 Å². The van der Waals surface area contributed by atoms with Crippen molar-refractivity contribution >= 4 is 27.5 Å². The van der Waals surface area contributed by atoms with E-state index in [-0.39, 0.29) is 17.4 Å². The van der Waals surface area contributed by atoms with Crippen molar-refractivity contribution in [1.29, 1.82) is 0 Å². The highest BCUT2D eigenvalue weighted by atomic mass is 32.1. The second-order valence-corrected chi connectivity index (χ2v) is 7.19. The van der Waals surface area contributed by atoms with E-state index in [4.69, 9.17) is 0 Å². The number of nitrogens with one attached hydrogen (secondary N) is 1. The Balaban J connectivity index is 2.20. The predicted octanol–water partition coefficient (Wildman–Crippen LogP) is 2.30. The molecule has 0 radical (unpaired) electrons. The zero-order valence-electron chi connectivity index (χ0n) is 15.0. The molecule has 7 nitrogen and oxygen atoms in total. The third-order valence-electron chi connectivity index (χ3n) is 3.96. The van der Waals surface area contributed by atoms with E-state index in [1.54, 1.807) is 19.9 Å². The van der Waals surface area contributed by atoms with Crippen LogP contribution >= 0.6 is 11.5 Å². The minimum atomic E-state index is -4.84. The summed E-state index contributed by atoms with van der Waals surface area (Å²) in [5.74, 6) is -0.425. The van der Waals surface area contributed by atoms with Crippen LogP contribution in [0.4, 0.5) is 13.2 Å². The molecule has 3 rings (SSSR count). The van der Waals surface area contributed by atoms with Crippen molar-refractivity contribution in [3.05, 3.63) is 56.5 Å². The molecule has 0 spiro atoms. The van der Waals surface area contributed by atoms with Crippen molar-refractivity contribution in [3.63, 3.8) is 0 Å². The van der Waals surface area contributed by atoms with Crippen LogP contribution in [0.1, 0.15) is 30.0 Å². The molecule has 0 bridgehead atoms. The standard InChI is InChI=1S/C17H15F3N4O3S/c1-8(2)21-15(26)14-10-6-9(4-5-11(10)28-22-14)24-13(25)7-12(17(18,19)20)23(3)16(24)27/h4-8H,1-3H3,(H,21,26). The van der Waals surface area contributed by atoms with Gasteiger partial charge in [0, 0.05) is 24.5 Å². The summed E-state index contributed by atoms with van der Waals surface area (Å²) in [6, 6.07) is 4.60. The zero-order chi connectivity index (χ0) is 20.8. The summed E-state index contributed by atoms with van der Waals surface area (Å²) in [5.41, 5.74) is -3.44. The van der Waals surface area contributed by atoms with Gasteiger partial charge in [0.1, 0.15) is 11.4 Å². The summed E-state index contributed by atoms with van der Waals surface area (Å²) in [5, 5.41) is 3.10. The first-order chi connectivity index (χ1) is 13.0. The second-order valence-electron chi connectivity index (χ2n) is 6.38. The molecule has 0 fully saturated rings. The minimum Gasteiger partial charge on any atom is -0.348 e. The molecule has 0 aliphatic heterocycles. The van der Waals surface area contributed by atoms with Gasteiger partial charge in [0.15, 0.2) is 0 Å². The molecule has 2 heterocycles. The fourth-order valence-corrected chi connectivity index (χ4v) is 3.45. The number of fused-ring (bicyclic) bond motifs is 1. The van der Waals surface area contributed by atoms with Crippen LogP contribution < -0.4 is 16.6 Å². The van der Waals surface area contributed by atoms with Gasteiger partial charge >= 0.3 is 11.9 Å². The number of halogens is 3. The average Bonchev–Trinajstić information content (AvgIpc) is 3.00. The fourth-order valence-electron chi connectivity index (χ4n) is 2.70. The summed E-state index contributed by atoms with van der Waals surface area (Å²) < 4.78 is 44.7. The van der Waals surface area contributed by atoms with Gasteiger partial charge in [0.25, 0.3) is 11.5 Å². The van der Waals surface area contributed by atoms with Crippen molar-refractivity contribution in [3.8, 4) is 5.69 Å². The number of alkyl halides is 3. The number of benzene rings is 1. The number of carbonyl (C=O) groups is 1. The van der Waals surface area contributed by atoms with E-state index in [9.17, 15) is 27.6 Å². The zero-order valence-corrected chi connectivity index (χ0v) is 15.8. The molecule has 1 amide bonds. The molecule has 0 aliphatic carbocycles. The van der Waals surface area contributed by atoms with Gasteiger partial charge < -0.3 is 5.32 Å². The number of rotatable bonds is 3. The minimum absolute atomic E-state index is 0.0469.